The van der Waals surface area contributed by atoms with Gasteiger partial charge in [0.15, 0.2) is 6.61 Å². The van der Waals surface area contributed by atoms with Gasteiger partial charge in [-0.05, 0) is 54.4 Å². The van der Waals surface area contributed by atoms with Gasteiger partial charge in [0, 0.05) is 23.6 Å². The molecule has 2 N–H and O–H groups in total. The molecule has 0 atom stereocenters. The standard InChI is InChI=1S/C21H22ClN3O5/c1-14-3-6-16(11-18(14)22)24-19(26)9-10-20(27)25-23-12-15-4-7-17(8-5-15)30-13-21(28)29-2/h3-8,11-12H,9-10,13H2,1-2H3,(H,24,26)(H,25,27). The first-order valence-electron chi connectivity index (χ1n) is 9.05. The normalized spacial score (nSPS) is 10.5. The molecule has 0 aliphatic heterocycles. The number of nitrogens with one attached hydrogen (secondary N) is 2. The third kappa shape index (κ3) is 7.92. The van der Waals surface area contributed by atoms with E-state index in [0.29, 0.717) is 16.5 Å². The van der Waals surface area contributed by atoms with Crippen LogP contribution in [0.4, 0.5) is 5.69 Å². The summed E-state index contributed by atoms with van der Waals surface area (Å²) in [7, 11) is 1.28. The molecule has 0 radical (unpaired) electrons. The zero-order valence-corrected chi connectivity index (χ0v) is 17.4. The average Bonchev–Trinajstić information content (AvgIpc) is 2.74. The number of carbonyl (C=O) groups is 3. The van der Waals surface area contributed by atoms with Crippen LogP contribution < -0.4 is 15.5 Å². The lowest BCUT2D eigenvalue weighted by atomic mass is 10.2. The van der Waals surface area contributed by atoms with Crippen molar-refractivity contribution in [2.24, 2.45) is 5.10 Å². The maximum absolute atomic E-state index is 11.9. The van der Waals surface area contributed by atoms with Gasteiger partial charge in [-0.3, -0.25) is 9.59 Å². The second kappa shape index (κ2) is 11.6. The topological polar surface area (TPSA) is 106 Å². The molecule has 2 aromatic rings. The van der Waals surface area contributed by atoms with E-state index in [0.717, 1.165) is 11.1 Å². The molecule has 8 nitrogen and oxygen atoms in total. The summed E-state index contributed by atoms with van der Waals surface area (Å²) in [4.78, 5) is 34.8. The van der Waals surface area contributed by atoms with E-state index < -0.39 is 5.97 Å². The number of aryl methyl sites for hydroxylation is 1. The number of hydrazone groups is 1. The number of hydrogen-bond donors (Lipinski definition) is 2. The Hall–Kier alpha value is -3.39. The average molecular weight is 432 g/mol. The molecule has 30 heavy (non-hydrogen) atoms. The van der Waals surface area contributed by atoms with Crippen LogP contribution in [0, 0.1) is 6.92 Å². The van der Waals surface area contributed by atoms with Crippen LogP contribution in [-0.2, 0) is 19.1 Å². The van der Waals surface area contributed by atoms with E-state index in [1.807, 2.05) is 6.92 Å². The van der Waals surface area contributed by atoms with Crippen molar-refractivity contribution in [1.82, 2.24) is 5.43 Å². The third-order valence-electron chi connectivity index (χ3n) is 3.90. The molecule has 0 heterocycles. The largest absolute Gasteiger partial charge is 0.482 e. The zero-order valence-electron chi connectivity index (χ0n) is 16.6. The Kier molecular flexibility index (Phi) is 8.83. The van der Waals surface area contributed by atoms with Crippen molar-refractivity contribution in [3.63, 3.8) is 0 Å². The molecule has 2 rings (SSSR count). The monoisotopic (exact) mass is 431 g/mol. The molecule has 0 unspecified atom stereocenters. The maximum atomic E-state index is 11.9. The molecule has 0 fully saturated rings. The van der Waals surface area contributed by atoms with E-state index in [4.69, 9.17) is 16.3 Å². The van der Waals surface area contributed by atoms with Crippen LogP contribution in [0.15, 0.2) is 47.6 Å². The number of halogens is 1. The molecule has 2 amide bonds. The number of anilines is 1. The highest BCUT2D eigenvalue weighted by atomic mass is 35.5. The van der Waals surface area contributed by atoms with Gasteiger partial charge in [-0.1, -0.05) is 17.7 Å². The first kappa shape index (κ1) is 22.9. The zero-order chi connectivity index (χ0) is 21.9. The number of ether oxygens (including phenoxy) is 2. The summed E-state index contributed by atoms with van der Waals surface area (Å²) in [6.07, 6.45) is 1.46. The van der Waals surface area contributed by atoms with E-state index in [1.165, 1.54) is 13.3 Å². The molecule has 0 aromatic heterocycles. The summed E-state index contributed by atoms with van der Waals surface area (Å²) in [6.45, 7) is 1.69. The molecule has 0 aliphatic rings. The number of methoxy groups -OCH3 is 1. The third-order valence-corrected chi connectivity index (χ3v) is 4.31. The second-order valence-electron chi connectivity index (χ2n) is 6.24. The van der Waals surface area contributed by atoms with E-state index in [-0.39, 0.29) is 31.3 Å². The minimum Gasteiger partial charge on any atom is -0.482 e. The smallest absolute Gasteiger partial charge is 0.343 e. The van der Waals surface area contributed by atoms with Gasteiger partial charge < -0.3 is 14.8 Å². The van der Waals surface area contributed by atoms with Crippen molar-refractivity contribution in [2.75, 3.05) is 19.0 Å². The Bertz CT molecular complexity index is 929. The molecule has 0 saturated heterocycles. The molecule has 0 spiro atoms. The predicted octanol–water partition coefficient (Wildman–Crippen LogP) is 3.07. The summed E-state index contributed by atoms with van der Waals surface area (Å²) in [5.41, 5.74) is 4.57. The van der Waals surface area contributed by atoms with Gasteiger partial charge >= 0.3 is 5.97 Å². The number of esters is 1. The number of hydrogen-bond acceptors (Lipinski definition) is 6. The molecule has 0 bridgehead atoms. The van der Waals surface area contributed by atoms with Gasteiger partial charge in [-0.2, -0.15) is 5.10 Å². The van der Waals surface area contributed by atoms with E-state index in [9.17, 15) is 14.4 Å². The van der Waals surface area contributed by atoms with Gasteiger partial charge in [0.05, 0.1) is 13.3 Å². The van der Waals surface area contributed by atoms with E-state index in [1.54, 1.807) is 42.5 Å². The van der Waals surface area contributed by atoms with Crippen molar-refractivity contribution in [3.05, 3.63) is 58.6 Å². The van der Waals surface area contributed by atoms with Crippen LogP contribution in [0.1, 0.15) is 24.0 Å². The summed E-state index contributed by atoms with van der Waals surface area (Å²) in [6, 6.07) is 11.9. The molecule has 9 heteroatoms. The predicted molar refractivity (Wildman–Crippen MR) is 114 cm³/mol. The van der Waals surface area contributed by atoms with Crippen molar-refractivity contribution in [2.45, 2.75) is 19.8 Å². The van der Waals surface area contributed by atoms with Crippen LogP contribution >= 0.6 is 11.6 Å². The Balaban J connectivity index is 1.71. The fourth-order valence-electron chi connectivity index (χ4n) is 2.21. The van der Waals surface area contributed by atoms with Crippen molar-refractivity contribution in [1.29, 1.82) is 0 Å². The summed E-state index contributed by atoms with van der Waals surface area (Å²) < 4.78 is 9.72. The first-order chi connectivity index (χ1) is 14.4. The molecule has 0 aliphatic carbocycles. The number of carbonyl (C=O) groups excluding carboxylic acids is 3. The van der Waals surface area contributed by atoms with Gasteiger partial charge in [-0.25, -0.2) is 10.2 Å². The Labute approximate surface area is 179 Å². The van der Waals surface area contributed by atoms with Gasteiger partial charge in [0.1, 0.15) is 5.75 Å². The van der Waals surface area contributed by atoms with Crippen LogP contribution in [0.3, 0.4) is 0 Å². The first-order valence-corrected chi connectivity index (χ1v) is 9.43. The Morgan fingerprint density at radius 2 is 1.77 bits per heavy atom. The van der Waals surface area contributed by atoms with Crippen molar-refractivity contribution in [3.8, 4) is 5.75 Å². The molecular formula is C21H22ClN3O5. The fourth-order valence-corrected chi connectivity index (χ4v) is 2.39. The quantitative estimate of drug-likeness (QED) is 0.360. The lowest BCUT2D eigenvalue weighted by molar-refractivity contribution is -0.142. The van der Waals surface area contributed by atoms with Crippen molar-refractivity contribution < 1.29 is 23.9 Å². The number of amides is 2. The summed E-state index contributed by atoms with van der Waals surface area (Å²) >= 11 is 6.02. The lowest BCUT2D eigenvalue weighted by Gasteiger charge is -2.06. The fraction of sp³-hybridized carbons (Fsp3) is 0.238. The number of nitrogens with zero attached hydrogens (tertiary/aromatic N) is 1. The maximum Gasteiger partial charge on any atom is 0.343 e. The highest BCUT2D eigenvalue weighted by Crippen LogP contribution is 2.20. The minimum absolute atomic E-state index is 0.0108. The lowest BCUT2D eigenvalue weighted by Crippen LogP contribution is -2.20. The van der Waals surface area contributed by atoms with E-state index in [2.05, 4.69) is 20.6 Å². The van der Waals surface area contributed by atoms with Gasteiger partial charge in [0.2, 0.25) is 11.8 Å². The number of benzene rings is 2. The van der Waals surface area contributed by atoms with Gasteiger partial charge in [0.25, 0.3) is 0 Å². The second-order valence-corrected chi connectivity index (χ2v) is 6.65. The van der Waals surface area contributed by atoms with Crippen LogP contribution in [0.5, 0.6) is 5.75 Å². The molecule has 158 valence electrons. The molecule has 2 aromatic carbocycles. The molecular weight excluding hydrogens is 410 g/mol. The summed E-state index contributed by atoms with van der Waals surface area (Å²) in [5, 5.41) is 7.10. The summed E-state index contributed by atoms with van der Waals surface area (Å²) in [5.74, 6) is -0.653. The minimum atomic E-state index is -0.473. The van der Waals surface area contributed by atoms with E-state index >= 15 is 0 Å². The SMILES string of the molecule is COC(=O)COc1ccc(C=NNC(=O)CCC(=O)Nc2ccc(C)c(Cl)c2)cc1. The van der Waals surface area contributed by atoms with Crippen LogP contribution in [0.2, 0.25) is 5.02 Å². The molecule has 0 saturated carbocycles. The van der Waals surface area contributed by atoms with Crippen LogP contribution in [0.25, 0.3) is 0 Å². The highest BCUT2D eigenvalue weighted by Gasteiger charge is 2.08. The highest BCUT2D eigenvalue weighted by molar-refractivity contribution is 6.31. The number of rotatable bonds is 9. The van der Waals surface area contributed by atoms with Crippen LogP contribution in [-0.4, -0.2) is 37.7 Å². The Morgan fingerprint density at radius 1 is 1.07 bits per heavy atom. The Morgan fingerprint density at radius 3 is 2.43 bits per heavy atom. The van der Waals surface area contributed by atoms with Crippen molar-refractivity contribution >= 4 is 41.3 Å². The van der Waals surface area contributed by atoms with Gasteiger partial charge in [-0.15, -0.1) is 0 Å².